The van der Waals surface area contributed by atoms with E-state index in [-0.39, 0.29) is 23.5 Å². The summed E-state index contributed by atoms with van der Waals surface area (Å²) in [4.78, 5) is 14.8. The number of hydrogen-bond acceptors (Lipinski definition) is 4. The van der Waals surface area contributed by atoms with Crippen molar-refractivity contribution in [2.45, 2.75) is 50.9 Å². The molecule has 1 spiro atoms. The first-order chi connectivity index (χ1) is 15.5. The van der Waals surface area contributed by atoms with Crippen molar-refractivity contribution in [3.8, 4) is 0 Å². The molecular formula is C26H31ClFNO3. The zero-order chi connectivity index (χ0) is 22.6. The number of piperidine rings is 1. The van der Waals surface area contributed by atoms with Gasteiger partial charge in [0.05, 0.1) is 12.2 Å². The van der Waals surface area contributed by atoms with Gasteiger partial charge in [0, 0.05) is 41.6 Å². The minimum Gasteiger partial charge on any atom is -0.348 e. The second kappa shape index (κ2) is 10.4. The number of carbonyl (C=O) groups is 1. The normalized spacial score (nSPS) is 23.3. The molecule has 0 N–H and O–H groups in total. The highest BCUT2D eigenvalue weighted by Crippen LogP contribution is 2.44. The van der Waals surface area contributed by atoms with Crippen molar-refractivity contribution in [3.05, 3.63) is 70.5 Å². The molecule has 2 atom stereocenters. The summed E-state index contributed by atoms with van der Waals surface area (Å²) in [6, 6.07) is 13.5. The first-order valence-corrected chi connectivity index (χ1v) is 11.9. The fourth-order valence-electron chi connectivity index (χ4n) is 4.90. The van der Waals surface area contributed by atoms with Gasteiger partial charge in [-0.2, -0.15) is 0 Å². The number of ketones is 1. The zero-order valence-electron chi connectivity index (χ0n) is 18.6. The number of hydrogen-bond donors (Lipinski definition) is 0. The van der Waals surface area contributed by atoms with Crippen molar-refractivity contribution in [2.75, 3.05) is 26.2 Å². The maximum absolute atomic E-state index is 13.0. The summed E-state index contributed by atoms with van der Waals surface area (Å²) < 4.78 is 25.7. The number of Topliss-reactive ketones (excluding diaryl/α,β-unsaturated/α-hetero) is 1. The van der Waals surface area contributed by atoms with Crippen molar-refractivity contribution in [1.29, 1.82) is 0 Å². The van der Waals surface area contributed by atoms with Gasteiger partial charge < -0.3 is 14.4 Å². The van der Waals surface area contributed by atoms with Crippen LogP contribution in [0.25, 0.3) is 0 Å². The summed E-state index contributed by atoms with van der Waals surface area (Å²) >= 11 is 6.03. The van der Waals surface area contributed by atoms with Crippen LogP contribution in [0.1, 0.15) is 61.2 Å². The maximum Gasteiger partial charge on any atom is 0.184 e. The van der Waals surface area contributed by atoms with Crippen LogP contribution >= 0.6 is 11.6 Å². The lowest BCUT2D eigenvalue weighted by atomic mass is 9.77. The van der Waals surface area contributed by atoms with Gasteiger partial charge in [-0.25, -0.2) is 4.39 Å². The molecular weight excluding hydrogens is 429 g/mol. The van der Waals surface area contributed by atoms with Crippen LogP contribution in [0.15, 0.2) is 48.5 Å². The first kappa shape index (κ1) is 23.4. The highest BCUT2D eigenvalue weighted by molar-refractivity contribution is 6.30. The molecule has 4 rings (SSSR count). The van der Waals surface area contributed by atoms with Gasteiger partial charge >= 0.3 is 0 Å². The van der Waals surface area contributed by atoms with E-state index in [0.29, 0.717) is 29.5 Å². The molecule has 2 heterocycles. The SMILES string of the molecule is CCC1COC(c2ccc(Cl)cc2)OC12CCN(CCCC(=O)c1ccc(F)cc1)CC2. The lowest BCUT2D eigenvalue weighted by molar-refractivity contribution is -0.298. The third-order valence-corrected chi connectivity index (χ3v) is 7.17. The summed E-state index contributed by atoms with van der Waals surface area (Å²) in [6.45, 7) is 5.70. The molecule has 2 aliphatic rings. The van der Waals surface area contributed by atoms with Crippen LogP contribution in [-0.2, 0) is 9.47 Å². The fourth-order valence-corrected chi connectivity index (χ4v) is 5.02. The number of nitrogens with zero attached hydrogens (tertiary/aromatic N) is 1. The second-order valence-electron chi connectivity index (χ2n) is 8.88. The molecule has 0 amide bonds. The van der Waals surface area contributed by atoms with E-state index in [1.54, 1.807) is 12.1 Å². The molecule has 2 saturated heterocycles. The van der Waals surface area contributed by atoms with Gasteiger partial charge in [-0.1, -0.05) is 30.7 Å². The minimum absolute atomic E-state index is 0.0723. The molecule has 0 saturated carbocycles. The molecule has 2 aromatic rings. The van der Waals surface area contributed by atoms with Crippen LogP contribution in [0.4, 0.5) is 4.39 Å². The van der Waals surface area contributed by atoms with E-state index in [4.69, 9.17) is 21.1 Å². The first-order valence-electron chi connectivity index (χ1n) is 11.5. The fraction of sp³-hybridized carbons (Fsp3) is 0.500. The molecule has 2 fully saturated rings. The van der Waals surface area contributed by atoms with Gasteiger partial charge in [0.1, 0.15) is 5.82 Å². The minimum atomic E-state index is -0.352. The predicted molar refractivity (Wildman–Crippen MR) is 123 cm³/mol. The van der Waals surface area contributed by atoms with Crippen molar-refractivity contribution in [3.63, 3.8) is 0 Å². The van der Waals surface area contributed by atoms with E-state index >= 15 is 0 Å². The Morgan fingerprint density at radius 1 is 1.12 bits per heavy atom. The number of benzene rings is 2. The highest BCUT2D eigenvalue weighted by Gasteiger charge is 2.47. The molecule has 4 nitrogen and oxygen atoms in total. The quantitative estimate of drug-likeness (QED) is 0.472. The summed E-state index contributed by atoms with van der Waals surface area (Å²) in [5.74, 6) is 0.138. The smallest absolute Gasteiger partial charge is 0.184 e. The Morgan fingerprint density at radius 2 is 1.81 bits per heavy atom. The summed E-state index contributed by atoms with van der Waals surface area (Å²) in [7, 11) is 0. The van der Waals surface area contributed by atoms with Crippen molar-refractivity contribution in [2.24, 2.45) is 5.92 Å². The lowest BCUT2D eigenvalue weighted by Crippen LogP contribution is -2.55. The van der Waals surface area contributed by atoms with Gasteiger partial charge in [-0.3, -0.25) is 4.79 Å². The molecule has 6 heteroatoms. The van der Waals surface area contributed by atoms with Gasteiger partial charge in [-0.05, 0) is 68.6 Å². The lowest BCUT2D eigenvalue weighted by Gasteiger charge is -2.50. The zero-order valence-corrected chi connectivity index (χ0v) is 19.3. The summed E-state index contributed by atoms with van der Waals surface area (Å²) in [5.41, 5.74) is 1.42. The number of carbonyl (C=O) groups excluding carboxylic acids is 1. The number of likely N-dealkylation sites (tertiary alicyclic amines) is 1. The maximum atomic E-state index is 13.0. The van der Waals surface area contributed by atoms with Gasteiger partial charge in [0.15, 0.2) is 12.1 Å². The van der Waals surface area contributed by atoms with E-state index in [1.165, 1.54) is 12.1 Å². The van der Waals surface area contributed by atoms with Crippen LogP contribution < -0.4 is 0 Å². The van der Waals surface area contributed by atoms with Crippen LogP contribution in [0.2, 0.25) is 5.02 Å². The molecule has 32 heavy (non-hydrogen) atoms. The molecule has 2 aliphatic heterocycles. The summed E-state index contributed by atoms with van der Waals surface area (Å²) in [6.07, 6.45) is 3.89. The van der Waals surface area contributed by atoms with Gasteiger partial charge in [0.25, 0.3) is 0 Å². The molecule has 0 aliphatic carbocycles. The highest BCUT2D eigenvalue weighted by atomic mass is 35.5. The Bertz CT molecular complexity index is 894. The van der Waals surface area contributed by atoms with E-state index in [0.717, 1.165) is 50.9 Å². The summed E-state index contributed by atoms with van der Waals surface area (Å²) in [5, 5.41) is 0.705. The topological polar surface area (TPSA) is 38.8 Å². The van der Waals surface area contributed by atoms with Crippen LogP contribution in [0.3, 0.4) is 0 Å². The number of halogens is 2. The van der Waals surface area contributed by atoms with E-state index < -0.39 is 0 Å². The standard InChI is InChI=1S/C26H31ClFNO3/c1-2-21-18-31-25(20-5-9-22(27)10-6-20)32-26(21)13-16-29(17-14-26)15-3-4-24(30)19-7-11-23(28)12-8-19/h5-12,21,25H,2-4,13-18H2,1H3. The Kier molecular flexibility index (Phi) is 7.62. The third-order valence-electron chi connectivity index (χ3n) is 6.92. The number of rotatable bonds is 7. The van der Waals surface area contributed by atoms with Gasteiger partial charge in [0.2, 0.25) is 0 Å². The molecule has 2 aromatic carbocycles. The molecule has 0 radical (unpaired) electrons. The van der Waals surface area contributed by atoms with Crippen molar-refractivity contribution >= 4 is 17.4 Å². The Hall–Kier alpha value is -1.79. The predicted octanol–water partition coefficient (Wildman–Crippen LogP) is 6.05. The molecule has 172 valence electrons. The van der Waals surface area contributed by atoms with Crippen molar-refractivity contribution < 1.29 is 18.7 Å². The second-order valence-corrected chi connectivity index (χ2v) is 9.32. The van der Waals surface area contributed by atoms with Crippen LogP contribution in [-0.4, -0.2) is 42.5 Å². The van der Waals surface area contributed by atoms with Gasteiger partial charge in [-0.15, -0.1) is 0 Å². The Labute approximate surface area is 194 Å². The molecule has 0 aromatic heterocycles. The van der Waals surface area contributed by atoms with Crippen LogP contribution in [0.5, 0.6) is 0 Å². The monoisotopic (exact) mass is 459 g/mol. The van der Waals surface area contributed by atoms with E-state index in [9.17, 15) is 9.18 Å². The average molecular weight is 460 g/mol. The van der Waals surface area contributed by atoms with E-state index in [1.807, 2.05) is 24.3 Å². The number of ether oxygens (including phenoxy) is 2. The van der Waals surface area contributed by atoms with Crippen molar-refractivity contribution in [1.82, 2.24) is 4.90 Å². The molecule has 0 bridgehead atoms. The van der Waals surface area contributed by atoms with E-state index in [2.05, 4.69) is 11.8 Å². The largest absolute Gasteiger partial charge is 0.348 e. The Balaban J connectivity index is 1.29. The molecule has 2 unspecified atom stereocenters. The van der Waals surface area contributed by atoms with Crippen LogP contribution in [0, 0.1) is 11.7 Å². The average Bonchev–Trinajstić information content (AvgIpc) is 2.81. The third kappa shape index (κ3) is 5.40. The Morgan fingerprint density at radius 3 is 2.47 bits per heavy atom.